The van der Waals surface area contributed by atoms with E-state index in [4.69, 9.17) is 10.5 Å². The SMILES string of the molecule is C/C=C(\C=C/C(C)N1CCCC1)C(OC)C(N)CF. The van der Waals surface area contributed by atoms with Crippen LogP contribution in [-0.4, -0.2) is 50.0 Å². The normalized spacial score (nSPS) is 22.9. The second kappa shape index (κ2) is 8.46. The first-order valence-corrected chi connectivity index (χ1v) is 7.06. The molecule has 2 N–H and O–H groups in total. The van der Waals surface area contributed by atoms with E-state index in [1.165, 1.54) is 12.8 Å². The van der Waals surface area contributed by atoms with Gasteiger partial charge in [0, 0.05) is 13.2 Å². The zero-order valence-electron chi connectivity index (χ0n) is 12.3. The Kier molecular flexibility index (Phi) is 7.28. The van der Waals surface area contributed by atoms with Gasteiger partial charge in [-0.05, 0) is 45.4 Å². The van der Waals surface area contributed by atoms with E-state index in [-0.39, 0.29) is 6.10 Å². The van der Waals surface area contributed by atoms with Crippen LogP contribution in [0.4, 0.5) is 4.39 Å². The molecule has 3 nitrogen and oxygen atoms in total. The third-order valence-corrected chi connectivity index (χ3v) is 3.77. The van der Waals surface area contributed by atoms with Crippen LogP contribution in [0.25, 0.3) is 0 Å². The molecule has 1 fully saturated rings. The minimum atomic E-state index is -0.608. The molecule has 0 bridgehead atoms. The highest BCUT2D eigenvalue weighted by atomic mass is 19.1. The summed E-state index contributed by atoms with van der Waals surface area (Å²) in [5.41, 5.74) is 6.69. The van der Waals surface area contributed by atoms with Gasteiger partial charge in [-0.1, -0.05) is 18.2 Å². The fourth-order valence-electron chi connectivity index (χ4n) is 2.52. The Balaban J connectivity index is 2.64. The Hall–Kier alpha value is -0.710. The smallest absolute Gasteiger partial charge is 0.107 e. The standard InChI is InChI=1S/C15H27FN2O/c1-4-13(15(19-3)14(17)11-16)8-7-12(2)18-9-5-6-10-18/h4,7-8,12,14-15H,5-6,9-11,17H2,1-3H3/b8-7-,13-4+. The lowest BCUT2D eigenvalue weighted by molar-refractivity contribution is 0.102. The Labute approximate surface area is 116 Å². The molecule has 3 atom stereocenters. The molecule has 1 aliphatic heterocycles. The number of hydrogen-bond acceptors (Lipinski definition) is 3. The molecule has 0 amide bonds. The van der Waals surface area contributed by atoms with Crippen LogP contribution >= 0.6 is 0 Å². The Morgan fingerprint density at radius 3 is 2.53 bits per heavy atom. The van der Waals surface area contributed by atoms with Crippen molar-refractivity contribution in [3.05, 3.63) is 23.8 Å². The van der Waals surface area contributed by atoms with Crippen molar-refractivity contribution >= 4 is 0 Å². The van der Waals surface area contributed by atoms with Gasteiger partial charge in [-0.25, -0.2) is 4.39 Å². The van der Waals surface area contributed by atoms with Gasteiger partial charge in [-0.3, -0.25) is 4.90 Å². The van der Waals surface area contributed by atoms with Crippen LogP contribution in [0.3, 0.4) is 0 Å². The van der Waals surface area contributed by atoms with E-state index in [0.717, 1.165) is 18.7 Å². The quantitative estimate of drug-likeness (QED) is 0.721. The highest BCUT2D eigenvalue weighted by Crippen LogP contribution is 2.16. The van der Waals surface area contributed by atoms with Gasteiger partial charge in [0.15, 0.2) is 0 Å². The van der Waals surface area contributed by atoms with Gasteiger partial charge in [0.1, 0.15) is 6.67 Å². The summed E-state index contributed by atoms with van der Waals surface area (Å²) in [7, 11) is 1.57. The van der Waals surface area contributed by atoms with Crippen LogP contribution in [-0.2, 0) is 4.74 Å². The molecule has 3 unspecified atom stereocenters. The number of allylic oxidation sites excluding steroid dienone is 1. The maximum absolute atomic E-state index is 12.7. The summed E-state index contributed by atoms with van der Waals surface area (Å²) in [6.45, 7) is 5.86. The second-order valence-corrected chi connectivity index (χ2v) is 5.11. The maximum Gasteiger partial charge on any atom is 0.107 e. The first kappa shape index (κ1) is 16.3. The van der Waals surface area contributed by atoms with E-state index in [2.05, 4.69) is 17.9 Å². The van der Waals surface area contributed by atoms with E-state index in [0.29, 0.717) is 6.04 Å². The van der Waals surface area contributed by atoms with Crippen molar-refractivity contribution in [1.82, 2.24) is 4.90 Å². The van der Waals surface area contributed by atoms with Crippen molar-refractivity contribution in [3.8, 4) is 0 Å². The van der Waals surface area contributed by atoms with Crippen LogP contribution in [0.15, 0.2) is 23.8 Å². The molecule has 1 aliphatic rings. The molecular formula is C15H27FN2O. The molecule has 4 heteroatoms. The maximum atomic E-state index is 12.7. The van der Waals surface area contributed by atoms with Gasteiger partial charge < -0.3 is 10.5 Å². The Morgan fingerprint density at radius 1 is 1.42 bits per heavy atom. The molecule has 0 aromatic carbocycles. The zero-order valence-corrected chi connectivity index (χ0v) is 12.3. The van der Waals surface area contributed by atoms with E-state index in [1.54, 1.807) is 7.11 Å². The molecule has 0 aromatic rings. The molecule has 0 radical (unpaired) electrons. The fourth-order valence-corrected chi connectivity index (χ4v) is 2.52. The molecular weight excluding hydrogens is 243 g/mol. The highest BCUT2D eigenvalue weighted by Gasteiger charge is 2.20. The summed E-state index contributed by atoms with van der Waals surface area (Å²) < 4.78 is 18.0. The van der Waals surface area contributed by atoms with Crippen molar-refractivity contribution in [2.45, 2.75) is 44.9 Å². The summed E-state index contributed by atoms with van der Waals surface area (Å²) >= 11 is 0. The molecule has 19 heavy (non-hydrogen) atoms. The molecule has 1 saturated heterocycles. The largest absolute Gasteiger partial charge is 0.375 e. The number of likely N-dealkylation sites (tertiary alicyclic amines) is 1. The number of methoxy groups -OCH3 is 1. The number of rotatable bonds is 7. The Morgan fingerprint density at radius 2 is 2.05 bits per heavy atom. The average Bonchev–Trinajstić information content (AvgIpc) is 2.96. The van der Waals surface area contributed by atoms with Crippen molar-refractivity contribution < 1.29 is 9.13 Å². The predicted octanol–water partition coefficient (Wildman–Crippen LogP) is 2.29. The van der Waals surface area contributed by atoms with Gasteiger partial charge in [0.2, 0.25) is 0 Å². The number of nitrogens with two attached hydrogens (primary N) is 1. The third kappa shape index (κ3) is 4.71. The van der Waals surface area contributed by atoms with E-state index < -0.39 is 12.7 Å². The van der Waals surface area contributed by atoms with Crippen molar-refractivity contribution in [2.24, 2.45) is 5.73 Å². The third-order valence-electron chi connectivity index (χ3n) is 3.77. The lowest BCUT2D eigenvalue weighted by Gasteiger charge is -2.23. The number of halogens is 1. The van der Waals surface area contributed by atoms with E-state index in [1.807, 2.05) is 19.1 Å². The van der Waals surface area contributed by atoms with E-state index in [9.17, 15) is 4.39 Å². The van der Waals surface area contributed by atoms with Gasteiger partial charge in [0.05, 0.1) is 12.1 Å². The van der Waals surface area contributed by atoms with Crippen LogP contribution < -0.4 is 5.73 Å². The topological polar surface area (TPSA) is 38.5 Å². The summed E-state index contributed by atoms with van der Waals surface area (Å²) in [6.07, 6.45) is 8.29. The van der Waals surface area contributed by atoms with Gasteiger partial charge >= 0.3 is 0 Å². The number of alkyl halides is 1. The minimum absolute atomic E-state index is 0.378. The number of hydrogen-bond donors (Lipinski definition) is 1. The number of ether oxygens (including phenoxy) is 1. The van der Waals surface area contributed by atoms with Gasteiger partial charge in [0.25, 0.3) is 0 Å². The highest BCUT2D eigenvalue weighted by molar-refractivity contribution is 5.25. The molecule has 0 saturated carbocycles. The fraction of sp³-hybridized carbons (Fsp3) is 0.733. The molecule has 0 aliphatic carbocycles. The molecule has 110 valence electrons. The molecule has 0 aromatic heterocycles. The lowest BCUT2D eigenvalue weighted by Crippen LogP contribution is -2.39. The Bertz CT molecular complexity index is 311. The first-order valence-electron chi connectivity index (χ1n) is 7.06. The van der Waals surface area contributed by atoms with Crippen LogP contribution in [0.5, 0.6) is 0 Å². The lowest BCUT2D eigenvalue weighted by atomic mass is 10.0. The summed E-state index contributed by atoms with van der Waals surface area (Å²) in [5.74, 6) is 0. The summed E-state index contributed by atoms with van der Waals surface area (Å²) in [4.78, 5) is 2.45. The number of nitrogens with zero attached hydrogens (tertiary/aromatic N) is 1. The van der Waals surface area contributed by atoms with Crippen molar-refractivity contribution in [2.75, 3.05) is 26.9 Å². The predicted molar refractivity (Wildman–Crippen MR) is 77.9 cm³/mol. The van der Waals surface area contributed by atoms with Crippen LogP contribution in [0.1, 0.15) is 26.7 Å². The summed E-state index contributed by atoms with van der Waals surface area (Å²) in [5, 5.41) is 0. The summed E-state index contributed by atoms with van der Waals surface area (Å²) in [6, 6.07) is -0.209. The molecule has 1 rings (SSSR count). The van der Waals surface area contributed by atoms with Gasteiger partial charge in [-0.2, -0.15) is 0 Å². The van der Waals surface area contributed by atoms with E-state index >= 15 is 0 Å². The van der Waals surface area contributed by atoms with Crippen LogP contribution in [0, 0.1) is 0 Å². The van der Waals surface area contributed by atoms with Crippen LogP contribution in [0.2, 0.25) is 0 Å². The second-order valence-electron chi connectivity index (χ2n) is 5.11. The van der Waals surface area contributed by atoms with Crippen molar-refractivity contribution in [1.29, 1.82) is 0 Å². The molecule has 1 heterocycles. The van der Waals surface area contributed by atoms with Crippen molar-refractivity contribution in [3.63, 3.8) is 0 Å². The average molecular weight is 270 g/mol. The molecule has 0 spiro atoms. The van der Waals surface area contributed by atoms with Gasteiger partial charge in [-0.15, -0.1) is 0 Å². The first-order chi connectivity index (χ1) is 9.13. The minimum Gasteiger partial charge on any atom is -0.375 e. The zero-order chi connectivity index (χ0) is 14.3. The monoisotopic (exact) mass is 270 g/mol.